The minimum Gasteiger partial charge on any atom is -0.383 e. The molecule has 0 bridgehead atoms. The smallest absolute Gasteiger partial charge is 0.229 e. The van der Waals surface area contributed by atoms with E-state index >= 15 is 0 Å². The van der Waals surface area contributed by atoms with Crippen LogP contribution in [0.4, 0.5) is 29.1 Å². The maximum absolute atomic E-state index is 6.12. The van der Waals surface area contributed by atoms with Crippen LogP contribution in [0, 0.1) is 0 Å². The van der Waals surface area contributed by atoms with E-state index in [0.29, 0.717) is 11.8 Å². The fourth-order valence-corrected chi connectivity index (χ4v) is 4.35. The van der Waals surface area contributed by atoms with Gasteiger partial charge in [0, 0.05) is 44.1 Å². The number of benzene rings is 1. The minimum absolute atomic E-state index is 0.472. The van der Waals surface area contributed by atoms with Crippen LogP contribution in [0.15, 0.2) is 54.7 Å². The van der Waals surface area contributed by atoms with Crippen LogP contribution in [0.2, 0.25) is 0 Å². The highest BCUT2D eigenvalue weighted by atomic mass is 15.3. The SMILES string of the molecule is CCCCCCCCc1ccc(Nc2cc(N)nc(N3CCN(c4ccccn4)CC3)n2)cc1. The van der Waals surface area contributed by atoms with Crippen molar-refractivity contribution in [2.24, 2.45) is 0 Å². The van der Waals surface area contributed by atoms with E-state index in [-0.39, 0.29) is 0 Å². The molecular weight excluding hydrogens is 422 g/mol. The second kappa shape index (κ2) is 12.2. The summed E-state index contributed by atoms with van der Waals surface area (Å²) in [6.45, 7) is 5.66. The number of pyridine rings is 1. The molecule has 7 nitrogen and oxygen atoms in total. The minimum atomic E-state index is 0.472. The molecule has 180 valence electrons. The lowest BCUT2D eigenvalue weighted by Gasteiger charge is -2.35. The fraction of sp³-hybridized carbons (Fsp3) is 0.444. The molecule has 2 aromatic heterocycles. The Morgan fingerprint density at radius 2 is 1.59 bits per heavy atom. The Labute approximate surface area is 203 Å². The van der Waals surface area contributed by atoms with Crippen molar-refractivity contribution >= 4 is 29.1 Å². The third-order valence-electron chi connectivity index (χ3n) is 6.32. The number of nitrogens with two attached hydrogens (primary N) is 1. The highest BCUT2D eigenvalue weighted by Crippen LogP contribution is 2.22. The van der Waals surface area contributed by atoms with E-state index in [4.69, 9.17) is 10.7 Å². The molecule has 0 radical (unpaired) electrons. The van der Waals surface area contributed by atoms with Gasteiger partial charge in [0.2, 0.25) is 5.95 Å². The molecule has 7 heteroatoms. The lowest BCUT2D eigenvalue weighted by molar-refractivity contribution is 0.607. The monoisotopic (exact) mass is 459 g/mol. The number of piperazine rings is 1. The number of nitrogen functional groups attached to an aromatic ring is 1. The van der Waals surface area contributed by atoms with Crippen LogP contribution in [-0.2, 0) is 6.42 Å². The quantitative estimate of drug-likeness (QED) is 0.370. The summed E-state index contributed by atoms with van der Waals surface area (Å²) in [7, 11) is 0. The molecule has 0 amide bonds. The van der Waals surface area contributed by atoms with Gasteiger partial charge in [0.1, 0.15) is 17.5 Å². The Morgan fingerprint density at radius 3 is 2.32 bits per heavy atom. The molecule has 0 saturated carbocycles. The van der Waals surface area contributed by atoms with E-state index in [0.717, 1.165) is 49.9 Å². The first-order chi connectivity index (χ1) is 16.7. The molecule has 1 fully saturated rings. The van der Waals surface area contributed by atoms with Gasteiger partial charge in [0.25, 0.3) is 0 Å². The van der Waals surface area contributed by atoms with E-state index in [2.05, 4.69) is 56.3 Å². The summed E-state index contributed by atoms with van der Waals surface area (Å²) in [5, 5.41) is 3.40. The molecule has 4 rings (SSSR count). The van der Waals surface area contributed by atoms with Gasteiger partial charge in [-0.1, -0.05) is 57.2 Å². The number of anilines is 5. The van der Waals surface area contributed by atoms with Crippen LogP contribution >= 0.6 is 0 Å². The summed E-state index contributed by atoms with van der Waals surface area (Å²) in [5.41, 5.74) is 8.52. The number of aryl methyl sites for hydroxylation is 1. The Balaban J connectivity index is 1.30. The number of unbranched alkanes of at least 4 members (excludes halogenated alkanes) is 5. The van der Waals surface area contributed by atoms with Crippen molar-refractivity contribution in [2.75, 3.05) is 47.0 Å². The van der Waals surface area contributed by atoms with Crippen molar-refractivity contribution < 1.29 is 0 Å². The Morgan fingerprint density at radius 1 is 0.853 bits per heavy atom. The normalized spacial score (nSPS) is 13.8. The van der Waals surface area contributed by atoms with Crippen LogP contribution < -0.4 is 20.9 Å². The highest BCUT2D eigenvalue weighted by Gasteiger charge is 2.20. The lowest BCUT2D eigenvalue weighted by Crippen LogP contribution is -2.47. The first-order valence-electron chi connectivity index (χ1n) is 12.6. The number of hydrogen-bond acceptors (Lipinski definition) is 7. The molecule has 1 aliphatic rings. The van der Waals surface area contributed by atoms with Gasteiger partial charge in [0.15, 0.2) is 0 Å². The Hall–Kier alpha value is -3.35. The molecule has 3 aromatic rings. The molecule has 3 heterocycles. The molecular formula is C27H37N7. The molecule has 0 aliphatic carbocycles. The predicted octanol–water partition coefficient (Wildman–Crippen LogP) is 5.43. The van der Waals surface area contributed by atoms with Gasteiger partial charge < -0.3 is 20.9 Å². The van der Waals surface area contributed by atoms with Crippen LogP contribution in [0.3, 0.4) is 0 Å². The first kappa shape index (κ1) is 23.8. The van der Waals surface area contributed by atoms with E-state index in [1.54, 1.807) is 6.07 Å². The van der Waals surface area contributed by atoms with Gasteiger partial charge in [-0.2, -0.15) is 9.97 Å². The van der Waals surface area contributed by atoms with Gasteiger partial charge in [-0.15, -0.1) is 0 Å². The number of nitrogens with zero attached hydrogens (tertiary/aromatic N) is 5. The maximum atomic E-state index is 6.12. The van der Waals surface area contributed by atoms with E-state index in [9.17, 15) is 0 Å². The molecule has 1 aliphatic heterocycles. The van der Waals surface area contributed by atoms with Crippen LogP contribution in [0.25, 0.3) is 0 Å². The zero-order valence-corrected chi connectivity index (χ0v) is 20.3. The molecule has 1 saturated heterocycles. The predicted molar refractivity (Wildman–Crippen MR) is 142 cm³/mol. The van der Waals surface area contributed by atoms with Crippen molar-refractivity contribution in [1.29, 1.82) is 0 Å². The highest BCUT2D eigenvalue weighted by molar-refractivity contribution is 5.61. The average molecular weight is 460 g/mol. The zero-order chi connectivity index (χ0) is 23.6. The van der Waals surface area contributed by atoms with E-state index in [1.165, 1.54) is 44.1 Å². The number of nitrogens with one attached hydrogen (secondary N) is 1. The van der Waals surface area contributed by atoms with Gasteiger partial charge in [-0.25, -0.2) is 4.98 Å². The maximum Gasteiger partial charge on any atom is 0.229 e. The third kappa shape index (κ3) is 6.83. The van der Waals surface area contributed by atoms with Crippen LogP contribution in [0.5, 0.6) is 0 Å². The molecule has 34 heavy (non-hydrogen) atoms. The molecule has 3 N–H and O–H groups in total. The van der Waals surface area contributed by atoms with E-state index < -0.39 is 0 Å². The second-order valence-electron chi connectivity index (χ2n) is 8.98. The summed E-state index contributed by atoms with van der Waals surface area (Å²) in [5.74, 6) is 2.87. The van der Waals surface area contributed by atoms with Gasteiger partial charge in [-0.05, 0) is 42.7 Å². The van der Waals surface area contributed by atoms with Crippen molar-refractivity contribution in [3.8, 4) is 0 Å². The van der Waals surface area contributed by atoms with Crippen molar-refractivity contribution in [3.63, 3.8) is 0 Å². The van der Waals surface area contributed by atoms with Gasteiger partial charge >= 0.3 is 0 Å². The Kier molecular flexibility index (Phi) is 8.54. The number of aromatic nitrogens is 3. The van der Waals surface area contributed by atoms with Gasteiger partial charge in [-0.3, -0.25) is 0 Å². The molecule has 0 unspecified atom stereocenters. The van der Waals surface area contributed by atoms with Crippen molar-refractivity contribution in [3.05, 3.63) is 60.3 Å². The number of rotatable bonds is 11. The summed E-state index contributed by atoms with van der Waals surface area (Å²) < 4.78 is 0. The van der Waals surface area contributed by atoms with E-state index in [1.807, 2.05) is 24.4 Å². The summed E-state index contributed by atoms with van der Waals surface area (Å²) in [6, 6.07) is 16.5. The topological polar surface area (TPSA) is 83.2 Å². The summed E-state index contributed by atoms with van der Waals surface area (Å²) >= 11 is 0. The molecule has 1 aromatic carbocycles. The fourth-order valence-electron chi connectivity index (χ4n) is 4.35. The van der Waals surface area contributed by atoms with Crippen LogP contribution in [0.1, 0.15) is 51.0 Å². The molecule has 0 spiro atoms. The van der Waals surface area contributed by atoms with Crippen molar-refractivity contribution in [1.82, 2.24) is 15.0 Å². The zero-order valence-electron chi connectivity index (χ0n) is 20.3. The molecule has 0 atom stereocenters. The lowest BCUT2D eigenvalue weighted by atomic mass is 10.0. The van der Waals surface area contributed by atoms with Gasteiger partial charge in [0.05, 0.1) is 0 Å². The first-order valence-corrected chi connectivity index (χ1v) is 12.6. The average Bonchev–Trinajstić information content (AvgIpc) is 2.87. The number of hydrogen-bond donors (Lipinski definition) is 2. The van der Waals surface area contributed by atoms with Crippen molar-refractivity contribution in [2.45, 2.75) is 51.9 Å². The summed E-state index contributed by atoms with van der Waals surface area (Å²) in [4.78, 5) is 18.2. The standard InChI is InChI=1S/C27H37N7/c1-2-3-4-5-6-7-10-22-12-14-23(15-13-22)30-25-21-24(28)31-27(32-25)34-19-17-33(18-20-34)26-11-8-9-16-29-26/h8-9,11-16,21H,2-7,10,17-20H2,1H3,(H3,28,30,31,32). The largest absolute Gasteiger partial charge is 0.383 e. The third-order valence-corrected chi connectivity index (χ3v) is 6.32. The summed E-state index contributed by atoms with van der Waals surface area (Å²) in [6.07, 6.45) is 10.9. The Bertz CT molecular complexity index is 999. The van der Waals surface area contributed by atoms with Crippen LogP contribution in [-0.4, -0.2) is 41.1 Å². The second-order valence-corrected chi connectivity index (χ2v) is 8.98.